The number of carbonyl (C=O) groups is 1. The van der Waals surface area contributed by atoms with Crippen LogP contribution in [0, 0.1) is 0 Å². The molecule has 0 aliphatic rings. The number of hydroxylamine groups is 1. The molecular formula is C13H14N2O3S. The molecule has 0 spiro atoms. The van der Waals surface area contributed by atoms with E-state index in [-0.39, 0.29) is 5.91 Å². The van der Waals surface area contributed by atoms with Gasteiger partial charge in [-0.3, -0.25) is 9.63 Å². The summed E-state index contributed by atoms with van der Waals surface area (Å²) in [6, 6.07) is 6.86. The zero-order chi connectivity index (χ0) is 13.5. The second-order valence-electron chi connectivity index (χ2n) is 3.66. The van der Waals surface area contributed by atoms with Gasteiger partial charge in [-0.1, -0.05) is 0 Å². The third-order valence-electron chi connectivity index (χ3n) is 2.30. The summed E-state index contributed by atoms with van der Waals surface area (Å²) >= 11 is 1.53. The fraction of sp³-hybridized carbons (Fsp3) is 0.231. The van der Waals surface area contributed by atoms with Crippen LogP contribution >= 0.6 is 11.3 Å². The van der Waals surface area contributed by atoms with Crippen molar-refractivity contribution >= 4 is 17.2 Å². The predicted octanol–water partition coefficient (Wildman–Crippen LogP) is 2.40. The van der Waals surface area contributed by atoms with E-state index in [2.05, 4.69) is 10.5 Å². The van der Waals surface area contributed by atoms with Crippen molar-refractivity contribution in [2.45, 2.75) is 13.5 Å². The molecule has 0 aliphatic carbocycles. The minimum absolute atomic E-state index is 0.270. The number of ether oxygens (including phenoxy) is 1. The maximum Gasteiger partial charge on any atom is 0.274 e. The van der Waals surface area contributed by atoms with E-state index in [4.69, 9.17) is 9.57 Å². The number of amides is 1. The van der Waals surface area contributed by atoms with Gasteiger partial charge in [0.25, 0.3) is 5.91 Å². The van der Waals surface area contributed by atoms with Gasteiger partial charge in [-0.05, 0) is 31.2 Å². The fourth-order valence-corrected chi connectivity index (χ4v) is 1.91. The van der Waals surface area contributed by atoms with E-state index in [1.165, 1.54) is 11.3 Å². The Balaban J connectivity index is 1.89. The van der Waals surface area contributed by atoms with Crippen LogP contribution < -0.4 is 10.2 Å². The van der Waals surface area contributed by atoms with Gasteiger partial charge in [-0.2, -0.15) is 0 Å². The van der Waals surface area contributed by atoms with E-state index in [0.29, 0.717) is 24.5 Å². The molecule has 2 aromatic rings. The molecule has 0 aliphatic heterocycles. The van der Waals surface area contributed by atoms with Crippen molar-refractivity contribution in [2.75, 3.05) is 6.61 Å². The minimum atomic E-state index is -0.270. The van der Waals surface area contributed by atoms with Crippen molar-refractivity contribution < 1.29 is 14.4 Å². The standard InChI is InChI=1S/C13H14N2O3S/c1-2-18-15-13(16)10-3-5-12(6-4-10)17-7-11-8-19-9-14-11/h3-6,8-9H,2,7H2,1H3,(H,15,16). The Hall–Kier alpha value is -1.92. The topological polar surface area (TPSA) is 60.5 Å². The Morgan fingerprint density at radius 2 is 2.16 bits per heavy atom. The number of carbonyl (C=O) groups excluding carboxylic acids is 1. The van der Waals surface area contributed by atoms with Crippen LogP contribution in [0.2, 0.25) is 0 Å². The Bertz CT molecular complexity index is 511. The van der Waals surface area contributed by atoms with Crippen LogP contribution in [-0.2, 0) is 11.4 Å². The maximum atomic E-state index is 11.6. The first-order valence-electron chi connectivity index (χ1n) is 5.81. The first kappa shape index (κ1) is 13.5. The molecular weight excluding hydrogens is 264 g/mol. The summed E-state index contributed by atoms with van der Waals surface area (Å²) < 4.78 is 5.55. The molecule has 1 aromatic carbocycles. The molecule has 1 heterocycles. The van der Waals surface area contributed by atoms with Gasteiger partial charge in [0.15, 0.2) is 0 Å². The second kappa shape index (κ2) is 6.86. The van der Waals surface area contributed by atoms with Crippen molar-refractivity contribution in [1.29, 1.82) is 0 Å². The summed E-state index contributed by atoms with van der Waals surface area (Å²) in [6.45, 7) is 2.66. The van der Waals surface area contributed by atoms with Gasteiger partial charge in [0.05, 0.1) is 17.8 Å². The first-order chi connectivity index (χ1) is 9.29. The summed E-state index contributed by atoms with van der Waals surface area (Å²) in [5.41, 5.74) is 5.51. The van der Waals surface area contributed by atoms with Gasteiger partial charge in [-0.15, -0.1) is 11.3 Å². The molecule has 1 aromatic heterocycles. The highest BCUT2D eigenvalue weighted by Crippen LogP contribution is 2.14. The predicted molar refractivity (Wildman–Crippen MR) is 72.0 cm³/mol. The van der Waals surface area contributed by atoms with Crippen molar-refractivity contribution in [1.82, 2.24) is 10.5 Å². The number of thiazole rings is 1. The van der Waals surface area contributed by atoms with E-state index < -0.39 is 0 Å². The van der Waals surface area contributed by atoms with Gasteiger partial charge < -0.3 is 4.74 Å². The van der Waals surface area contributed by atoms with Gasteiger partial charge in [0.1, 0.15) is 12.4 Å². The highest BCUT2D eigenvalue weighted by molar-refractivity contribution is 7.07. The number of rotatable bonds is 6. The quantitative estimate of drug-likeness (QED) is 0.824. The monoisotopic (exact) mass is 278 g/mol. The van der Waals surface area contributed by atoms with Crippen molar-refractivity contribution in [2.24, 2.45) is 0 Å². The van der Waals surface area contributed by atoms with Crippen molar-refractivity contribution in [3.05, 3.63) is 46.4 Å². The van der Waals surface area contributed by atoms with Crippen LogP contribution in [0.5, 0.6) is 5.75 Å². The lowest BCUT2D eigenvalue weighted by Crippen LogP contribution is -2.23. The summed E-state index contributed by atoms with van der Waals surface area (Å²) in [5, 5.41) is 1.93. The number of nitrogens with zero attached hydrogens (tertiary/aromatic N) is 1. The van der Waals surface area contributed by atoms with Crippen molar-refractivity contribution in [3.8, 4) is 5.75 Å². The molecule has 0 saturated carbocycles. The highest BCUT2D eigenvalue weighted by Gasteiger charge is 2.05. The third-order valence-corrected chi connectivity index (χ3v) is 2.93. The van der Waals surface area contributed by atoms with Crippen LogP contribution in [-0.4, -0.2) is 17.5 Å². The van der Waals surface area contributed by atoms with E-state index >= 15 is 0 Å². The molecule has 19 heavy (non-hydrogen) atoms. The van der Waals surface area contributed by atoms with E-state index in [1.807, 2.05) is 5.38 Å². The summed E-state index contributed by atoms with van der Waals surface area (Å²) in [6.07, 6.45) is 0. The number of hydrogen-bond acceptors (Lipinski definition) is 5. The minimum Gasteiger partial charge on any atom is -0.487 e. The average Bonchev–Trinajstić information content (AvgIpc) is 2.96. The molecule has 1 N–H and O–H groups in total. The van der Waals surface area contributed by atoms with Crippen LogP contribution in [0.4, 0.5) is 0 Å². The Labute approximate surface area is 115 Å². The van der Waals surface area contributed by atoms with Crippen molar-refractivity contribution in [3.63, 3.8) is 0 Å². The van der Waals surface area contributed by atoms with E-state index in [0.717, 1.165) is 5.69 Å². The summed E-state index contributed by atoms with van der Waals surface area (Å²) in [4.78, 5) is 20.5. The van der Waals surface area contributed by atoms with E-state index in [9.17, 15) is 4.79 Å². The van der Waals surface area contributed by atoms with Gasteiger partial charge in [-0.25, -0.2) is 10.5 Å². The molecule has 0 atom stereocenters. The molecule has 5 nitrogen and oxygen atoms in total. The zero-order valence-electron chi connectivity index (χ0n) is 10.5. The lowest BCUT2D eigenvalue weighted by molar-refractivity contribution is 0.0364. The first-order valence-corrected chi connectivity index (χ1v) is 6.76. The number of nitrogens with one attached hydrogen (secondary N) is 1. The normalized spacial score (nSPS) is 10.2. The molecule has 2 rings (SSSR count). The molecule has 0 unspecified atom stereocenters. The molecule has 0 fully saturated rings. The molecule has 0 bridgehead atoms. The molecule has 6 heteroatoms. The number of hydrogen-bond donors (Lipinski definition) is 1. The smallest absolute Gasteiger partial charge is 0.274 e. The second-order valence-corrected chi connectivity index (χ2v) is 4.38. The van der Waals surface area contributed by atoms with Crippen LogP contribution in [0.25, 0.3) is 0 Å². The Kier molecular flexibility index (Phi) is 4.88. The number of benzene rings is 1. The SMILES string of the molecule is CCONC(=O)c1ccc(OCc2cscn2)cc1. The Morgan fingerprint density at radius 1 is 1.37 bits per heavy atom. The van der Waals surface area contributed by atoms with Gasteiger partial charge in [0, 0.05) is 10.9 Å². The maximum absolute atomic E-state index is 11.6. The van der Waals surface area contributed by atoms with Crippen LogP contribution in [0.1, 0.15) is 23.0 Å². The highest BCUT2D eigenvalue weighted by atomic mass is 32.1. The fourth-order valence-electron chi connectivity index (χ4n) is 1.37. The molecule has 100 valence electrons. The molecule has 0 saturated heterocycles. The lowest BCUT2D eigenvalue weighted by Gasteiger charge is -2.06. The third kappa shape index (κ3) is 4.04. The lowest BCUT2D eigenvalue weighted by atomic mass is 10.2. The van der Waals surface area contributed by atoms with E-state index in [1.54, 1.807) is 36.7 Å². The molecule has 0 radical (unpaired) electrons. The average molecular weight is 278 g/mol. The molecule has 1 amide bonds. The largest absolute Gasteiger partial charge is 0.487 e. The van der Waals surface area contributed by atoms with Gasteiger partial charge in [0.2, 0.25) is 0 Å². The van der Waals surface area contributed by atoms with Crippen LogP contribution in [0.15, 0.2) is 35.2 Å². The number of aromatic nitrogens is 1. The van der Waals surface area contributed by atoms with Crippen LogP contribution in [0.3, 0.4) is 0 Å². The Morgan fingerprint density at radius 3 is 2.79 bits per heavy atom. The van der Waals surface area contributed by atoms with Gasteiger partial charge >= 0.3 is 0 Å². The zero-order valence-corrected chi connectivity index (χ0v) is 11.3. The summed E-state index contributed by atoms with van der Waals surface area (Å²) in [5.74, 6) is 0.425. The summed E-state index contributed by atoms with van der Waals surface area (Å²) in [7, 11) is 0.